The number of rotatable bonds is 0. The van der Waals surface area contributed by atoms with Crippen LogP contribution in [-0.4, -0.2) is 16.5 Å². The number of allylic oxidation sites excluding steroid dienone is 1. The summed E-state index contributed by atoms with van der Waals surface area (Å²) in [5.74, 6) is 5.79. The maximum absolute atomic E-state index is 12.0. The van der Waals surface area contributed by atoms with Gasteiger partial charge in [-0.05, 0) is 74.7 Å². The monoisotopic (exact) mass is 312 g/mol. The van der Waals surface area contributed by atoms with E-state index >= 15 is 0 Å². The van der Waals surface area contributed by atoms with E-state index in [4.69, 9.17) is 6.42 Å². The molecule has 4 rings (SSSR count). The zero-order chi connectivity index (χ0) is 16.4. The molecule has 0 spiro atoms. The zero-order valence-corrected chi connectivity index (χ0v) is 14.3. The maximum Gasteiger partial charge on any atom is 0.158 e. The SMILES string of the molecule is C#C[C@]1(O)CC[C@H]2[C@@H]3CCC4=CC(=O)C(C)C[C@@H]4[C@H]3CC[C@@]21C. The highest BCUT2D eigenvalue weighted by molar-refractivity contribution is 5.93. The Kier molecular flexibility index (Phi) is 3.34. The van der Waals surface area contributed by atoms with Crippen LogP contribution in [0, 0.1) is 47.3 Å². The van der Waals surface area contributed by atoms with Crippen LogP contribution in [0.2, 0.25) is 0 Å². The molecular formula is C21H28O2. The highest BCUT2D eigenvalue weighted by Crippen LogP contribution is 2.64. The topological polar surface area (TPSA) is 37.3 Å². The smallest absolute Gasteiger partial charge is 0.158 e. The Balaban J connectivity index is 1.65. The number of terminal acetylenes is 1. The van der Waals surface area contributed by atoms with Gasteiger partial charge in [0.25, 0.3) is 0 Å². The van der Waals surface area contributed by atoms with Crippen molar-refractivity contribution >= 4 is 5.78 Å². The Bertz CT molecular complexity index is 612. The lowest BCUT2D eigenvalue weighted by atomic mass is 9.50. The number of carbonyl (C=O) groups is 1. The molecule has 0 radical (unpaired) electrons. The van der Waals surface area contributed by atoms with Gasteiger partial charge in [0.2, 0.25) is 0 Å². The van der Waals surface area contributed by atoms with Crippen LogP contribution >= 0.6 is 0 Å². The van der Waals surface area contributed by atoms with E-state index in [-0.39, 0.29) is 11.3 Å². The lowest BCUT2D eigenvalue weighted by Crippen LogP contribution is -2.52. The molecule has 1 unspecified atom stereocenters. The second kappa shape index (κ2) is 4.96. The fourth-order valence-corrected chi connectivity index (χ4v) is 6.61. The summed E-state index contributed by atoms with van der Waals surface area (Å²) in [7, 11) is 0. The first-order valence-corrected chi connectivity index (χ1v) is 9.34. The van der Waals surface area contributed by atoms with E-state index in [1.165, 1.54) is 12.0 Å². The number of ketones is 1. The van der Waals surface area contributed by atoms with Crippen molar-refractivity contribution in [3.05, 3.63) is 11.6 Å². The Hall–Kier alpha value is -1.07. The largest absolute Gasteiger partial charge is 0.377 e. The normalized spacial score (nSPS) is 52.0. The molecule has 2 heteroatoms. The molecule has 3 fully saturated rings. The van der Waals surface area contributed by atoms with Crippen molar-refractivity contribution in [2.75, 3.05) is 0 Å². The minimum absolute atomic E-state index is 0.111. The summed E-state index contributed by atoms with van der Waals surface area (Å²) in [6, 6.07) is 0. The summed E-state index contributed by atoms with van der Waals surface area (Å²) in [5, 5.41) is 11.0. The van der Waals surface area contributed by atoms with Crippen LogP contribution in [0.3, 0.4) is 0 Å². The highest BCUT2D eigenvalue weighted by atomic mass is 16.3. The van der Waals surface area contributed by atoms with E-state index in [1.54, 1.807) is 0 Å². The molecule has 0 heterocycles. The van der Waals surface area contributed by atoms with Gasteiger partial charge in [0.1, 0.15) is 5.60 Å². The van der Waals surface area contributed by atoms with Crippen LogP contribution in [0.15, 0.2) is 11.6 Å². The van der Waals surface area contributed by atoms with Crippen molar-refractivity contribution in [3.63, 3.8) is 0 Å². The van der Waals surface area contributed by atoms with E-state index in [0.29, 0.717) is 29.5 Å². The minimum Gasteiger partial charge on any atom is -0.377 e. The zero-order valence-electron chi connectivity index (χ0n) is 14.3. The lowest BCUT2D eigenvalue weighted by molar-refractivity contribution is -0.120. The third-order valence-corrected chi connectivity index (χ3v) is 8.06. The maximum atomic E-state index is 12.0. The molecule has 0 aliphatic heterocycles. The Morgan fingerprint density at radius 3 is 2.78 bits per heavy atom. The second-order valence-corrected chi connectivity index (χ2v) is 8.84. The second-order valence-electron chi connectivity index (χ2n) is 8.84. The molecule has 1 N–H and O–H groups in total. The number of hydrogen-bond donors (Lipinski definition) is 1. The molecule has 4 aliphatic carbocycles. The van der Waals surface area contributed by atoms with Gasteiger partial charge in [-0.2, -0.15) is 0 Å². The van der Waals surface area contributed by atoms with Crippen molar-refractivity contribution in [1.29, 1.82) is 0 Å². The third-order valence-electron chi connectivity index (χ3n) is 8.06. The van der Waals surface area contributed by atoms with Gasteiger partial charge in [-0.25, -0.2) is 0 Å². The molecule has 3 saturated carbocycles. The summed E-state index contributed by atoms with van der Waals surface area (Å²) in [4.78, 5) is 12.0. The standard InChI is InChI=1S/C21H28O2/c1-4-21(23)10-8-18-16-6-5-14-12-19(22)13(2)11-17(14)15(16)7-9-20(18,21)3/h1,12-13,15-18,23H,5-11H2,2-3H3/t13?,15-,16+,17-,18-,20-,21-/m0/s1. The first-order valence-electron chi connectivity index (χ1n) is 9.34. The van der Waals surface area contributed by atoms with E-state index in [9.17, 15) is 9.90 Å². The fraction of sp³-hybridized carbons (Fsp3) is 0.762. The minimum atomic E-state index is -0.908. The molecule has 7 atom stereocenters. The Labute approximate surface area is 139 Å². The summed E-state index contributed by atoms with van der Waals surface area (Å²) in [6.45, 7) is 4.32. The first-order chi connectivity index (χ1) is 10.9. The molecule has 4 aliphatic rings. The summed E-state index contributed by atoms with van der Waals surface area (Å²) < 4.78 is 0. The molecule has 0 amide bonds. The van der Waals surface area contributed by atoms with Gasteiger partial charge in [0, 0.05) is 11.3 Å². The van der Waals surface area contributed by atoms with Crippen LogP contribution in [0.25, 0.3) is 0 Å². The van der Waals surface area contributed by atoms with Crippen molar-refractivity contribution in [1.82, 2.24) is 0 Å². The van der Waals surface area contributed by atoms with E-state index < -0.39 is 5.60 Å². The molecule has 2 nitrogen and oxygen atoms in total. The van der Waals surface area contributed by atoms with Crippen LogP contribution in [0.1, 0.15) is 58.8 Å². The summed E-state index contributed by atoms with van der Waals surface area (Å²) in [6.07, 6.45) is 15.0. The Morgan fingerprint density at radius 2 is 2.04 bits per heavy atom. The molecule has 0 aromatic rings. The molecule has 23 heavy (non-hydrogen) atoms. The third kappa shape index (κ3) is 1.96. The summed E-state index contributed by atoms with van der Waals surface area (Å²) in [5.41, 5.74) is 0.401. The van der Waals surface area contributed by atoms with Crippen LogP contribution in [0.5, 0.6) is 0 Å². The molecular weight excluding hydrogens is 284 g/mol. The van der Waals surface area contributed by atoms with Gasteiger partial charge >= 0.3 is 0 Å². The predicted octanol–water partition coefficient (Wildman–Crippen LogP) is 3.74. The quantitative estimate of drug-likeness (QED) is 0.692. The average molecular weight is 312 g/mol. The average Bonchev–Trinajstić information content (AvgIpc) is 2.81. The number of carbonyl (C=O) groups excluding carboxylic acids is 1. The van der Waals surface area contributed by atoms with Gasteiger partial charge < -0.3 is 5.11 Å². The Morgan fingerprint density at radius 1 is 1.26 bits per heavy atom. The van der Waals surface area contributed by atoms with E-state index in [0.717, 1.165) is 38.5 Å². The van der Waals surface area contributed by atoms with Crippen LogP contribution < -0.4 is 0 Å². The van der Waals surface area contributed by atoms with Crippen molar-refractivity contribution in [2.45, 2.75) is 64.4 Å². The van der Waals surface area contributed by atoms with Gasteiger partial charge in [-0.1, -0.05) is 25.3 Å². The molecule has 124 valence electrons. The first kappa shape index (κ1) is 15.5. The van der Waals surface area contributed by atoms with Crippen LogP contribution in [-0.2, 0) is 4.79 Å². The van der Waals surface area contributed by atoms with Crippen molar-refractivity contribution in [2.24, 2.45) is 35.0 Å². The van der Waals surface area contributed by atoms with Gasteiger partial charge in [-0.3, -0.25) is 4.79 Å². The lowest BCUT2D eigenvalue weighted by Gasteiger charge is -2.55. The van der Waals surface area contributed by atoms with Gasteiger partial charge in [0.15, 0.2) is 5.78 Å². The molecule has 0 saturated heterocycles. The molecule has 0 aromatic carbocycles. The van der Waals surface area contributed by atoms with Crippen molar-refractivity contribution in [3.8, 4) is 12.3 Å². The van der Waals surface area contributed by atoms with E-state index in [2.05, 4.69) is 19.8 Å². The number of fused-ring (bicyclic) bond motifs is 5. The van der Waals surface area contributed by atoms with E-state index in [1.807, 2.05) is 6.08 Å². The molecule has 0 bridgehead atoms. The number of hydrogen-bond acceptors (Lipinski definition) is 2. The number of aliphatic hydroxyl groups is 1. The highest BCUT2D eigenvalue weighted by Gasteiger charge is 2.62. The predicted molar refractivity (Wildman–Crippen MR) is 90.4 cm³/mol. The van der Waals surface area contributed by atoms with Gasteiger partial charge in [0.05, 0.1) is 0 Å². The fourth-order valence-electron chi connectivity index (χ4n) is 6.61. The van der Waals surface area contributed by atoms with Gasteiger partial charge in [-0.15, -0.1) is 6.42 Å². The molecule has 0 aromatic heterocycles. The van der Waals surface area contributed by atoms with Crippen LogP contribution in [0.4, 0.5) is 0 Å². The summed E-state index contributed by atoms with van der Waals surface area (Å²) >= 11 is 0. The van der Waals surface area contributed by atoms with Crippen molar-refractivity contribution < 1.29 is 9.90 Å².